The molecule has 1 aromatic rings. The largest absolute Gasteiger partial charge is 0.500 e. The SMILES string of the molecule is CCCCCCC1(C)OCc2cc(OCCC[Si](OC)(OC)OC)ccc2O1. The van der Waals surface area contributed by atoms with E-state index in [2.05, 4.69) is 6.92 Å². The molecular weight excluding hydrogens is 376 g/mol. The summed E-state index contributed by atoms with van der Waals surface area (Å²) >= 11 is 0. The lowest BCUT2D eigenvalue weighted by molar-refractivity contribution is -0.198. The Morgan fingerprint density at radius 3 is 2.46 bits per heavy atom. The van der Waals surface area contributed by atoms with Gasteiger partial charge in [-0.1, -0.05) is 26.2 Å². The third kappa shape index (κ3) is 6.45. The molecule has 0 aliphatic carbocycles. The van der Waals surface area contributed by atoms with Gasteiger partial charge in [0.15, 0.2) is 0 Å². The number of ether oxygens (including phenoxy) is 3. The first-order valence-corrected chi connectivity index (χ1v) is 12.2. The van der Waals surface area contributed by atoms with Gasteiger partial charge < -0.3 is 27.5 Å². The van der Waals surface area contributed by atoms with E-state index in [4.69, 9.17) is 27.5 Å². The first-order valence-electron chi connectivity index (χ1n) is 10.2. The van der Waals surface area contributed by atoms with Gasteiger partial charge >= 0.3 is 8.80 Å². The van der Waals surface area contributed by atoms with Crippen LogP contribution >= 0.6 is 0 Å². The maximum absolute atomic E-state index is 6.15. The second-order valence-corrected chi connectivity index (χ2v) is 10.4. The maximum Gasteiger partial charge on any atom is 0.500 e. The molecular formula is C21H36O6Si. The zero-order chi connectivity index (χ0) is 20.5. The second-order valence-electron chi connectivity index (χ2n) is 7.35. The van der Waals surface area contributed by atoms with Gasteiger partial charge in [0.05, 0.1) is 13.2 Å². The predicted octanol–water partition coefficient (Wildman–Crippen LogP) is 4.93. The van der Waals surface area contributed by atoms with Crippen molar-refractivity contribution >= 4 is 8.80 Å². The summed E-state index contributed by atoms with van der Waals surface area (Å²) in [4.78, 5) is 0. The van der Waals surface area contributed by atoms with Crippen molar-refractivity contribution in [1.82, 2.24) is 0 Å². The number of hydrogen-bond acceptors (Lipinski definition) is 6. The summed E-state index contributed by atoms with van der Waals surface area (Å²) in [6.45, 7) is 5.37. The molecule has 1 aromatic carbocycles. The Morgan fingerprint density at radius 2 is 1.79 bits per heavy atom. The molecule has 2 rings (SSSR count). The fourth-order valence-corrected chi connectivity index (χ4v) is 5.07. The molecule has 28 heavy (non-hydrogen) atoms. The molecule has 0 bridgehead atoms. The van der Waals surface area contributed by atoms with Crippen molar-refractivity contribution in [1.29, 1.82) is 0 Å². The van der Waals surface area contributed by atoms with E-state index < -0.39 is 14.6 Å². The number of unbranched alkanes of at least 4 members (excludes halogenated alkanes) is 3. The van der Waals surface area contributed by atoms with Gasteiger partial charge in [-0.3, -0.25) is 0 Å². The topological polar surface area (TPSA) is 55.4 Å². The normalized spacial score (nSPS) is 19.2. The van der Waals surface area contributed by atoms with Crippen LogP contribution in [0.3, 0.4) is 0 Å². The van der Waals surface area contributed by atoms with Crippen LogP contribution in [0.4, 0.5) is 0 Å². The predicted molar refractivity (Wildman–Crippen MR) is 111 cm³/mol. The molecule has 1 heterocycles. The lowest BCUT2D eigenvalue weighted by Gasteiger charge is -2.36. The summed E-state index contributed by atoms with van der Waals surface area (Å²) in [5.41, 5.74) is 1.03. The zero-order valence-corrected chi connectivity index (χ0v) is 19.0. The number of fused-ring (bicyclic) bond motifs is 1. The molecule has 160 valence electrons. The standard InChI is InChI=1S/C21H36O6Si/c1-6-7-8-9-13-21(2)26-17-18-16-19(11-12-20(18)27-21)25-14-10-15-28(22-3,23-4)24-5/h11-12,16H,6-10,13-15,17H2,1-5H3. The molecule has 0 saturated heterocycles. The van der Waals surface area contributed by atoms with E-state index in [0.717, 1.165) is 36.3 Å². The molecule has 0 fully saturated rings. The lowest BCUT2D eigenvalue weighted by Crippen LogP contribution is -2.42. The third-order valence-corrected chi connectivity index (χ3v) is 8.04. The van der Waals surface area contributed by atoms with Gasteiger partial charge in [0, 0.05) is 46.3 Å². The molecule has 0 aromatic heterocycles. The molecule has 0 radical (unpaired) electrons. The number of rotatable bonds is 13. The average molecular weight is 413 g/mol. The van der Waals surface area contributed by atoms with Crippen molar-refractivity contribution in [2.75, 3.05) is 27.9 Å². The Labute approximate surface area is 170 Å². The van der Waals surface area contributed by atoms with Crippen LogP contribution in [0, 0.1) is 0 Å². The minimum atomic E-state index is -2.53. The average Bonchev–Trinajstić information content (AvgIpc) is 2.72. The van der Waals surface area contributed by atoms with E-state index in [9.17, 15) is 0 Å². The maximum atomic E-state index is 6.15. The summed E-state index contributed by atoms with van der Waals surface area (Å²) in [5.74, 6) is 1.18. The minimum absolute atomic E-state index is 0.530. The van der Waals surface area contributed by atoms with E-state index in [1.807, 2.05) is 25.1 Å². The van der Waals surface area contributed by atoms with E-state index in [1.54, 1.807) is 21.3 Å². The summed E-state index contributed by atoms with van der Waals surface area (Å²) in [6, 6.07) is 6.65. The number of hydrogen-bond donors (Lipinski definition) is 0. The Kier molecular flexibility index (Phi) is 9.23. The summed E-state index contributed by atoms with van der Waals surface area (Å²) in [5, 5.41) is 0. The zero-order valence-electron chi connectivity index (χ0n) is 18.0. The van der Waals surface area contributed by atoms with Crippen LogP contribution in [-0.2, 0) is 24.6 Å². The van der Waals surface area contributed by atoms with Crippen LogP contribution in [-0.4, -0.2) is 42.5 Å². The molecule has 1 aliphatic rings. The molecule has 1 atom stereocenters. The summed E-state index contributed by atoms with van der Waals surface area (Å²) < 4.78 is 34.3. The van der Waals surface area contributed by atoms with E-state index in [1.165, 1.54) is 19.3 Å². The highest BCUT2D eigenvalue weighted by Crippen LogP contribution is 2.36. The smallest absolute Gasteiger partial charge is 0.494 e. The van der Waals surface area contributed by atoms with Crippen LogP contribution in [0.5, 0.6) is 11.5 Å². The minimum Gasteiger partial charge on any atom is -0.494 e. The summed E-state index contributed by atoms with van der Waals surface area (Å²) in [7, 11) is 2.35. The highest BCUT2D eigenvalue weighted by molar-refractivity contribution is 6.60. The van der Waals surface area contributed by atoms with Crippen LogP contribution in [0.2, 0.25) is 6.04 Å². The van der Waals surface area contributed by atoms with Gasteiger partial charge in [-0.25, -0.2) is 0 Å². The molecule has 7 heteroatoms. The van der Waals surface area contributed by atoms with Crippen LogP contribution in [0.1, 0.15) is 57.9 Å². The second kappa shape index (κ2) is 11.2. The molecule has 0 amide bonds. The van der Waals surface area contributed by atoms with Gasteiger partial charge in [-0.2, -0.15) is 0 Å². The highest BCUT2D eigenvalue weighted by Gasteiger charge is 2.37. The van der Waals surface area contributed by atoms with Gasteiger partial charge in [0.2, 0.25) is 5.79 Å². The van der Waals surface area contributed by atoms with Crippen molar-refractivity contribution in [2.24, 2.45) is 0 Å². The first kappa shape index (κ1) is 23.2. The molecule has 0 N–H and O–H groups in total. The third-order valence-electron chi connectivity index (χ3n) is 5.20. The molecule has 6 nitrogen and oxygen atoms in total. The van der Waals surface area contributed by atoms with Crippen LogP contribution in [0.25, 0.3) is 0 Å². The van der Waals surface area contributed by atoms with Gasteiger partial charge in [-0.15, -0.1) is 0 Å². The van der Waals surface area contributed by atoms with Crippen molar-refractivity contribution < 1.29 is 27.5 Å². The lowest BCUT2D eigenvalue weighted by atomic mass is 10.1. The monoisotopic (exact) mass is 412 g/mol. The van der Waals surface area contributed by atoms with E-state index >= 15 is 0 Å². The number of benzene rings is 1. The first-order chi connectivity index (χ1) is 13.5. The van der Waals surface area contributed by atoms with Crippen molar-refractivity contribution in [3.63, 3.8) is 0 Å². The quantitative estimate of drug-likeness (QED) is 0.338. The van der Waals surface area contributed by atoms with Gasteiger partial charge in [0.25, 0.3) is 0 Å². The Hall–Kier alpha value is -1.12. The highest BCUT2D eigenvalue weighted by atomic mass is 28.4. The van der Waals surface area contributed by atoms with Crippen molar-refractivity contribution in [3.8, 4) is 11.5 Å². The molecule has 1 unspecified atom stereocenters. The Balaban J connectivity index is 1.83. The fourth-order valence-electron chi connectivity index (χ4n) is 3.38. The molecule has 0 saturated carbocycles. The molecule has 0 spiro atoms. The van der Waals surface area contributed by atoms with Gasteiger partial charge in [-0.05, 0) is 31.0 Å². The summed E-state index contributed by atoms with van der Waals surface area (Å²) in [6.07, 6.45) is 6.54. The van der Waals surface area contributed by atoms with E-state index in [0.29, 0.717) is 19.3 Å². The fraction of sp³-hybridized carbons (Fsp3) is 0.714. The Morgan fingerprint density at radius 1 is 1.04 bits per heavy atom. The molecule has 1 aliphatic heterocycles. The van der Waals surface area contributed by atoms with E-state index in [-0.39, 0.29) is 0 Å². The Bertz CT molecular complexity index is 584. The van der Waals surface area contributed by atoms with Gasteiger partial charge in [0.1, 0.15) is 11.5 Å². The van der Waals surface area contributed by atoms with Crippen LogP contribution < -0.4 is 9.47 Å². The van der Waals surface area contributed by atoms with Crippen LogP contribution in [0.15, 0.2) is 18.2 Å². The van der Waals surface area contributed by atoms with Crippen molar-refractivity contribution in [3.05, 3.63) is 23.8 Å². The van der Waals surface area contributed by atoms with Crippen molar-refractivity contribution in [2.45, 2.75) is 70.8 Å².